The maximum Gasteiger partial charge on any atom is 0.132 e. The Hall–Kier alpha value is -1.98. The summed E-state index contributed by atoms with van der Waals surface area (Å²) in [6.07, 6.45) is 8.63. The van der Waals surface area contributed by atoms with Gasteiger partial charge in [0.15, 0.2) is 0 Å². The fraction of sp³-hybridized carbons (Fsp3) is 0.857. The average Bonchev–Trinajstić information content (AvgIpc) is 2.96. The Kier molecular flexibility index (Phi) is 50.0. The minimum atomic E-state index is 0.375. The minimum Gasteiger partial charge on any atom is -0.300 e. The van der Waals surface area contributed by atoms with Crippen molar-refractivity contribution in [3.63, 3.8) is 0 Å². The molecule has 0 heterocycles. The third-order valence-electron chi connectivity index (χ3n) is 6.18. The van der Waals surface area contributed by atoms with Crippen molar-refractivity contribution in [2.75, 3.05) is 0 Å². The molecule has 0 aliphatic carbocycles. The fourth-order valence-electron chi connectivity index (χ4n) is 3.60. The molecule has 48 heavy (non-hydrogen) atoms. The van der Waals surface area contributed by atoms with Crippen LogP contribution in [0.5, 0.6) is 0 Å². The Morgan fingerprint density at radius 3 is 0.354 bits per heavy atom. The van der Waals surface area contributed by atoms with Gasteiger partial charge >= 0.3 is 0 Å². The Balaban J connectivity index is -0.000000110. The van der Waals surface area contributed by atoms with Crippen LogP contribution >= 0.6 is 0 Å². The van der Waals surface area contributed by atoms with E-state index in [-0.39, 0.29) is 0 Å². The molecular weight excluding hydrogens is 600 g/mol. The monoisotopic (exact) mass is 685 g/mol. The molecule has 0 atom stereocenters. The van der Waals surface area contributed by atoms with Gasteiger partial charge in [0.25, 0.3) is 0 Å². The summed E-state index contributed by atoms with van der Waals surface area (Å²) < 4.78 is 0. The van der Waals surface area contributed by atoms with E-state index in [4.69, 9.17) is 0 Å². The molecule has 0 unspecified atom stereocenters. The lowest BCUT2D eigenvalue weighted by Gasteiger charge is -1.98. The van der Waals surface area contributed by atoms with Crippen LogP contribution in [0.1, 0.15) is 202 Å². The fourth-order valence-corrected chi connectivity index (χ4v) is 3.60. The second-order valence-electron chi connectivity index (χ2n) is 14.9. The van der Waals surface area contributed by atoms with Crippen LogP contribution in [0, 0.1) is 35.5 Å². The zero-order valence-corrected chi connectivity index (χ0v) is 35.4. The number of carbonyl (C=O) groups excluding carboxylic acids is 6. The van der Waals surface area contributed by atoms with Crippen LogP contribution in [-0.2, 0) is 28.8 Å². The largest absolute Gasteiger partial charge is 0.300 e. The van der Waals surface area contributed by atoms with E-state index in [2.05, 4.69) is 83.1 Å². The average molecular weight is 685 g/mol. The van der Waals surface area contributed by atoms with Crippen molar-refractivity contribution in [3.8, 4) is 0 Å². The summed E-state index contributed by atoms with van der Waals surface area (Å²) in [6, 6.07) is 0. The molecule has 0 bridgehead atoms. The lowest BCUT2D eigenvalue weighted by molar-refractivity contribution is -0.120. The zero-order chi connectivity index (χ0) is 39.4. The first-order valence-electron chi connectivity index (χ1n) is 19.1. The van der Waals surface area contributed by atoms with Crippen LogP contribution in [-0.4, -0.2) is 34.7 Å². The maximum atomic E-state index is 10.6. The molecule has 0 radical (unpaired) electrons. The van der Waals surface area contributed by atoms with Gasteiger partial charge in [0, 0.05) is 77.0 Å². The first kappa shape index (κ1) is 58.2. The third kappa shape index (κ3) is 70.4. The molecule has 0 fully saturated rings. The lowest BCUT2D eigenvalue weighted by atomic mass is 10.1. The molecule has 0 aromatic rings. The summed E-state index contributed by atoms with van der Waals surface area (Å²) in [5.74, 6) is 5.43. The van der Waals surface area contributed by atoms with Crippen molar-refractivity contribution in [2.24, 2.45) is 35.5 Å². The van der Waals surface area contributed by atoms with E-state index in [9.17, 15) is 28.8 Å². The molecule has 6 heteroatoms. The van der Waals surface area contributed by atoms with Gasteiger partial charge in [-0.2, -0.15) is 0 Å². The smallest absolute Gasteiger partial charge is 0.132 e. The van der Waals surface area contributed by atoms with E-state index in [1.807, 2.05) is 41.5 Å². The van der Waals surface area contributed by atoms with Crippen LogP contribution in [0.2, 0.25) is 0 Å². The number of ketones is 6. The Morgan fingerprint density at radius 2 is 0.333 bits per heavy atom. The summed E-state index contributed by atoms with van der Waals surface area (Å²) in [6.45, 7) is 36.2. The molecule has 0 N–H and O–H groups in total. The molecule has 0 saturated heterocycles. The Morgan fingerprint density at radius 1 is 0.250 bits per heavy atom. The summed E-state index contributed by atoms with van der Waals surface area (Å²) in [5, 5.41) is 0. The van der Waals surface area contributed by atoms with Crippen LogP contribution in [0.25, 0.3) is 0 Å². The normalized spacial score (nSPS) is 10.0. The van der Waals surface area contributed by atoms with Gasteiger partial charge < -0.3 is 0 Å². The molecule has 0 amide bonds. The molecule has 0 spiro atoms. The van der Waals surface area contributed by atoms with Gasteiger partial charge in [-0.25, -0.2) is 0 Å². The molecule has 0 aromatic heterocycles. The summed E-state index contributed by atoms with van der Waals surface area (Å²) in [7, 11) is 0. The van der Waals surface area contributed by atoms with Crippen LogP contribution < -0.4 is 0 Å². The molecule has 6 nitrogen and oxygen atoms in total. The molecule has 288 valence electrons. The Labute approximate surface area is 300 Å². The van der Waals surface area contributed by atoms with Crippen molar-refractivity contribution < 1.29 is 28.8 Å². The predicted octanol–water partition coefficient (Wildman–Crippen LogP) is 12.1. The Bertz CT molecular complexity index is 617. The summed E-state index contributed by atoms with van der Waals surface area (Å²) in [5.41, 5.74) is 0. The van der Waals surface area contributed by atoms with Gasteiger partial charge in [-0.1, -0.05) is 125 Å². The van der Waals surface area contributed by atoms with Crippen molar-refractivity contribution in [1.29, 1.82) is 0 Å². The van der Waals surface area contributed by atoms with Crippen molar-refractivity contribution in [3.05, 3.63) is 0 Å². The van der Waals surface area contributed by atoms with Crippen molar-refractivity contribution in [2.45, 2.75) is 202 Å². The minimum absolute atomic E-state index is 0.375. The van der Waals surface area contributed by atoms with Crippen LogP contribution in [0.4, 0.5) is 0 Å². The molecule has 0 aromatic carbocycles. The SMILES string of the molecule is CCC(=O)CC(C)C.CCC(=O)CC(C)C.CCC(=O)CC(C)C.CCC(=O)CC(C)C.CCC(=O)CC(C)C.CCC(=O)CC(C)C. The molecule has 0 saturated carbocycles. The van der Waals surface area contributed by atoms with E-state index in [1.54, 1.807) is 0 Å². The number of hydrogen-bond acceptors (Lipinski definition) is 6. The van der Waals surface area contributed by atoms with Gasteiger partial charge in [-0.05, 0) is 35.5 Å². The van der Waals surface area contributed by atoms with E-state index in [0.29, 0.717) is 109 Å². The second-order valence-corrected chi connectivity index (χ2v) is 14.9. The lowest BCUT2D eigenvalue weighted by Crippen LogP contribution is -1.99. The third-order valence-corrected chi connectivity index (χ3v) is 6.18. The summed E-state index contributed by atoms with van der Waals surface area (Å²) >= 11 is 0. The highest BCUT2D eigenvalue weighted by Crippen LogP contribution is 2.04. The first-order valence-corrected chi connectivity index (χ1v) is 19.1. The van der Waals surface area contributed by atoms with E-state index < -0.39 is 0 Å². The topological polar surface area (TPSA) is 102 Å². The number of Topliss-reactive ketones (excluding diaryl/α,β-unsaturated/α-hetero) is 6. The highest BCUT2D eigenvalue weighted by molar-refractivity contribution is 5.79. The molecule has 0 rings (SSSR count). The molecular formula is C42H84O6. The van der Waals surface area contributed by atoms with Crippen molar-refractivity contribution in [1.82, 2.24) is 0 Å². The number of rotatable bonds is 18. The van der Waals surface area contributed by atoms with Gasteiger partial charge in [-0.15, -0.1) is 0 Å². The predicted molar refractivity (Wildman–Crippen MR) is 209 cm³/mol. The van der Waals surface area contributed by atoms with Gasteiger partial charge in [0.1, 0.15) is 34.7 Å². The highest BCUT2D eigenvalue weighted by atomic mass is 16.1. The van der Waals surface area contributed by atoms with Gasteiger partial charge in [-0.3, -0.25) is 28.8 Å². The van der Waals surface area contributed by atoms with Crippen molar-refractivity contribution >= 4 is 34.7 Å². The first-order chi connectivity index (χ1) is 22.0. The second kappa shape index (κ2) is 41.2. The van der Waals surface area contributed by atoms with E-state index in [0.717, 1.165) is 38.5 Å². The summed E-state index contributed by atoms with van der Waals surface area (Å²) in [4.78, 5) is 63.7. The van der Waals surface area contributed by atoms with Gasteiger partial charge in [0.05, 0.1) is 0 Å². The van der Waals surface area contributed by atoms with E-state index in [1.165, 1.54) is 0 Å². The number of hydrogen-bond donors (Lipinski definition) is 0. The standard InChI is InChI=1S/6C7H14O/c6*1-4-7(8)5-6(2)3/h6*6H,4-5H2,1-3H3. The van der Waals surface area contributed by atoms with Crippen LogP contribution in [0.3, 0.4) is 0 Å². The maximum absolute atomic E-state index is 10.6. The zero-order valence-electron chi connectivity index (χ0n) is 35.4. The number of carbonyl (C=O) groups is 6. The highest BCUT2D eigenvalue weighted by Gasteiger charge is 2.03. The molecule has 0 aliphatic rings. The molecule has 0 aliphatic heterocycles. The van der Waals surface area contributed by atoms with E-state index >= 15 is 0 Å². The van der Waals surface area contributed by atoms with Gasteiger partial charge in [0.2, 0.25) is 0 Å². The quantitative estimate of drug-likeness (QED) is 0.142. The van der Waals surface area contributed by atoms with Crippen LogP contribution in [0.15, 0.2) is 0 Å².